The van der Waals surface area contributed by atoms with Crippen LogP contribution in [0.1, 0.15) is 45.6 Å². The molecular formula is C17H22N2OS. The first-order valence-corrected chi connectivity index (χ1v) is 8.35. The van der Waals surface area contributed by atoms with Gasteiger partial charge in [-0.2, -0.15) is 0 Å². The highest BCUT2D eigenvalue weighted by Gasteiger charge is 2.19. The summed E-state index contributed by atoms with van der Waals surface area (Å²) in [6.07, 6.45) is 3.62. The Hall–Kier alpha value is -1.39. The lowest BCUT2D eigenvalue weighted by Gasteiger charge is -2.25. The summed E-state index contributed by atoms with van der Waals surface area (Å²) in [6.45, 7) is 4.72. The van der Waals surface area contributed by atoms with Gasteiger partial charge in [0.25, 0.3) is 0 Å². The van der Waals surface area contributed by atoms with Crippen LogP contribution in [0.15, 0.2) is 18.2 Å². The highest BCUT2D eigenvalue weighted by Crippen LogP contribution is 2.32. The number of aryl methyl sites for hydroxylation is 3. The molecule has 0 saturated carbocycles. The van der Waals surface area contributed by atoms with Gasteiger partial charge in [0.1, 0.15) is 17.4 Å². The molecule has 0 spiro atoms. The molecule has 3 rings (SSSR count). The Labute approximate surface area is 130 Å². The SMILES string of the molecule is CNC1CCCc2cc(OCc3nc(C)c(C)s3)ccc21. The van der Waals surface area contributed by atoms with Crippen LogP contribution in [0.25, 0.3) is 0 Å². The van der Waals surface area contributed by atoms with E-state index in [0.717, 1.165) is 22.9 Å². The molecule has 1 aliphatic carbocycles. The van der Waals surface area contributed by atoms with Crippen LogP contribution >= 0.6 is 11.3 Å². The number of benzene rings is 1. The number of aromatic nitrogens is 1. The van der Waals surface area contributed by atoms with Gasteiger partial charge >= 0.3 is 0 Å². The summed E-state index contributed by atoms with van der Waals surface area (Å²) < 4.78 is 5.92. The Bertz CT molecular complexity index is 616. The number of thiazole rings is 1. The molecular weight excluding hydrogens is 280 g/mol. The molecule has 1 aromatic carbocycles. The lowest BCUT2D eigenvalue weighted by molar-refractivity contribution is 0.304. The van der Waals surface area contributed by atoms with Crippen molar-refractivity contribution in [3.8, 4) is 5.75 Å². The first-order valence-electron chi connectivity index (χ1n) is 7.53. The molecule has 21 heavy (non-hydrogen) atoms. The molecule has 1 heterocycles. The number of nitrogens with one attached hydrogen (secondary N) is 1. The zero-order chi connectivity index (χ0) is 14.8. The second kappa shape index (κ2) is 6.16. The van der Waals surface area contributed by atoms with Crippen LogP contribution in [-0.4, -0.2) is 12.0 Å². The quantitative estimate of drug-likeness (QED) is 0.929. The standard InChI is InChI=1S/C17H22N2OS/c1-11-12(2)21-17(19-11)10-20-14-7-8-15-13(9-14)5-4-6-16(15)18-3/h7-9,16,18H,4-6,10H2,1-3H3. The zero-order valence-electron chi connectivity index (χ0n) is 12.9. The van der Waals surface area contributed by atoms with Gasteiger partial charge in [0, 0.05) is 10.9 Å². The molecule has 1 aliphatic rings. The van der Waals surface area contributed by atoms with Crippen molar-refractivity contribution in [1.29, 1.82) is 0 Å². The third kappa shape index (κ3) is 3.11. The molecule has 112 valence electrons. The Morgan fingerprint density at radius 3 is 2.95 bits per heavy atom. The monoisotopic (exact) mass is 302 g/mol. The Balaban J connectivity index is 1.72. The topological polar surface area (TPSA) is 34.1 Å². The Morgan fingerprint density at radius 2 is 2.24 bits per heavy atom. The van der Waals surface area contributed by atoms with Crippen molar-refractivity contribution in [2.45, 2.75) is 45.8 Å². The minimum absolute atomic E-state index is 0.493. The number of hydrogen-bond donors (Lipinski definition) is 1. The van der Waals surface area contributed by atoms with Crippen molar-refractivity contribution in [2.75, 3.05) is 7.05 Å². The fourth-order valence-electron chi connectivity index (χ4n) is 2.93. The molecule has 1 aromatic heterocycles. The average molecular weight is 302 g/mol. The maximum Gasteiger partial charge on any atom is 0.140 e. The van der Waals surface area contributed by atoms with Crippen molar-refractivity contribution in [1.82, 2.24) is 10.3 Å². The third-order valence-electron chi connectivity index (χ3n) is 4.21. The van der Waals surface area contributed by atoms with E-state index in [0.29, 0.717) is 12.6 Å². The van der Waals surface area contributed by atoms with Crippen molar-refractivity contribution in [3.63, 3.8) is 0 Å². The van der Waals surface area contributed by atoms with Crippen LogP contribution < -0.4 is 10.1 Å². The van der Waals surface area contributed by atoms with E-state index in [4.69, 9.17) is 4.74 Å². The lowest BCUT2D eigenvalue weighted by atomic mass is 9.87. The van der Waals surface area contributed by atoms with Gasteiger partial charge in [0.05, 0.1) is 5.69 Å². The second-order valence-corrected chi connectivity index (χ2v) is 6.92. The molecule has 0 bridgehead atoms. The minimum Gasteiger partial charge on any atom is -0.486 e. The van der Waals surface area contributed by atoms with Crippen molar-refractivity contribution < 1.29 is 4.74 Å². The summed E-state index contributed by atoms with van der Waals surface area (Å²) in [7, 11) is 2.04. The van der Waals surface area contributed by atoms with E-state index >= 15 is 0 Å². The number of fused-ring (bicyclic) bond motifs is 1. The molecule has 1 atom stereocenters. The van der Waals surface area contributed by atoms with E-state index in [1.807, 2.05) is 14.0 Å². The van der Waals surface area contributed by atoms with Crippen LogP contribution in [0, 0.1) is 13.8 Å². The highest BCUT2D eigenvalue weighted by atomic mass is 32.1. The van der Waals surface area contributed by atoms with Crippen LogP contribution in [0.4, 0.5) is 0 Å². The van der Waals surface area contributed by atoms with Crippen LogP contribution in [-0.2, 0) is 13.0 Å². The fourth-order valence-corrected chi connectivity index (χ4v) is 3.77. The van der Waals surface area contributed by atoms with Gasteiger partial charge in [0.2, 0.25) is 0 Å². The van der Waals surface area contributed by atoms with Gasteiger partial charge in [-0.05, 0) is 63.4 Å². The Kier molecular flexibility index (Phi) is 4.27. The van der Waals surface area contributed by atoms with E-state index < -0.39 is 0 Å². The summed E-state index contributed by atoms with van der Waals surface area (Å²) in [5.41, 5.74) is 3.96. The number of rotatable bonds is 4. The highest BCUT2D eigenvalue weighted by molar-refractivity contribution is 7.11. The molecule has 0 amide bonds. The van der Waals surface area contributed by atoms with E-state index in [1.54, 1.807) is 11.3 Å². The van der Waals surface area contributed by atoms with Crippen LogP contribution in [0.5, 0.6) is 5.75 Å². The van der Waals surface area contributed by atoms with Crippen molar-refractivity contribution in [2.24, 2.45) is 0 Å². The molecule has 1 N–H and O–H groups in total. The fraction of sp³-hybridized carbons (Fsp3) is 0.471. The maximum atomic E-state index is 5.92. The second-order valence-electron chi connectivity index (χ2n) is 5.63. The van der Waals surface area contributed by atoms with Crippen LogP contribution in [0.2, 0.25) is 0 Å². The predicted molar refractivity (Wildman–Crippen MR) is 87.1 cm³/mol. The molecule has 0 radical (unpaired) electrons. The van der Waals surface area contributed by atoms with E-state index in [-0.39, 0.29) is 0 Å². The van der Waals surface area contributed by atoms with Crippen molar-refractivity contribution >= 4 is 11.3 Å². The van der Waals surface area contributed by atoms with Gasteiger partial charge in [-0.1, -0.05) is 6.07 Å². The van der Waals surface area contributed by atoms with Gasteiger partial charge in [0.15, 0.2) is 0 Å². The summed E-state index contributed by atoms with van der Waals surface area (Å²) in [4.78, 5) is 5.80. The lowest BCUT2D eigenvalue weighted by Crippen LogP contribution is -2.21. The summed E-state index contributed by atoms with van der Waals surface area (Å²) in [5, 5.41) is 4.45. The molecule has 1 unspecified atom stereocenters. The predicted octanol–water partition coefficient (Wildman–Crippen LogP) is 3.94. The van der Waals surface area contributed by atoms with Crippen LogP contribution in [0.3, 0.4) is 0 Å². The van der Waals surface area contributed by atoms with E-state index in [2.05, 4.69) is 35.4 Å². The summed E-state index contributed by atoms with van der Waals surface area (Å²) in [6, 6.07) is 6.99. The molecule has 0 aliphatic heterocycles. The molecule has 3 nitrogen and oxygen atoms in total. The molecule has 4 heteroatoms. The van der Waals surface area contributed by atoms with E-state index in [1.165, 1.54) is 28.8 Å². The number of nitrogens with zero attached hydrogens (tertiary/aromatic N) is 1. The summed E-state index contributed by atoms with van der Waals surface area (Å²) in [5.74, 6) is 0.955. The smallest absolute Gasteiger partial charge is 0.140 e. The van der Waals surface area contributed by atoms with Gasteiger partial charge in [-0.25, -0.2) is 4.98 Å². The van der Waals surface area contributed by atoms with Crippen molar-refractivity contribution in [3.05, 3.63) is 44.9 Å². The normalized spacial score (nSPS) is 17.6. The summed E-state index contributed by atoms with van der Waals surface area (Å²) >= 11 is 1.72. The molecule has 2 aromatic rings. The largest absolute Gasteiger partial charge is 0.486 e. The molecule has 0 fully saturated rings. The van der Waals surface area contributed by atoms with Gasteiger partial charge in [-0.3, -0.25) is 0 Å². The third-order valence-corrected chi connectivity index (χ3v) is 5.26. The Morgan fingerprint density at radius 1 is 1.38 bits per heavy atom. The number of hydrogen-bond acceptors (Lipinski definition) is 4. The van der Waals surface area contributed by atoms with E-state index in [9.17, 15) is 0 Å². The number of ether oxygens (including phenoxy) is 1. The maximum absolute atomic E-state index is 5.92. The van der Waals surface area contributed by atoms with Gasteiger partial charge < -0.3 is 10.1 Å². The van der Waals surface area contributed by atoms with Gasteiger partial charge in [-0.15, -0.1) is 11.3 Å². The average Bonchev–Trinajstić information content (AvgIpc) is 2.83. The first-order chi connectivity index (χ1) is 10.2. The first kappa shape index (κ1) is 14.5. The minimum atomic E-state index is 0.493. The zero-order valence-corrected chi connectivity index (χ0v) is 13.7. The molecule has 0 saturated heterocycles.